The minimum absolute atomic E-state index is 0.0559. The van der Waals surface area contributed by atoms with Gasteiger partial charge in [0.05, 0.1) is 172 Å². The fourth-order valence-electron chi connectivity index (χ4n) is 3.74. The molecule has 0 aromatic carbocycles. The highest BCUT2D eigenvalue weighted by molar-refractivity contribution is 5.70. The molecule has 0 heterocycles. The summed E-state index contributed by atoms with van der Waals surface area (Å²) in [6, 6.07) is 0. The number of hydrogen-bond acceptors (Lipinski definition) is 17. The molecule has 0 spiro atoms. The Morgan fingerprint density at radius 1 is 0.321 bits per heavy atom. The smallest absolute Gasteiger partial charge is 0.308 e. The third kappa shape index (κ3) is 46.0. The van der Waals surface area contributed by atoms with Crippen LogP contribution in [-0.4, -0.2) is 195 Å². The van der Waals surface area contributed by atoms with Gasteiger partial charge in [0.25, 0.3) is 0 Å². The average Bonchev–Trinajstić information content (AvgIpc) is 3.14. The number of aliphatic carboxylic acids is 1. The highest BCUT2D eigenvalue weighted by Gasteiger charge is 2.04. The average molecular weight is 775 g/mol. The van der Waals surface area contributed by atoms with Gasteiger partial charge in [-0.05, 0) is 19.8 Å². The molecule has 0 aliphatic heterocycles. The summed E-state index contributed by atoms with van der Waals surface area (Å²) in [6.45, 7) is 13.0. The summed E-state index contributed by atoms with van der Waals surface area (Å²) < 4.78 is 74.9. The summed E-state index contributed by atoms with van der Waals surface area (Å²) in [4.78, 5) is 33.1. The van der Waals surface area contributed by atoms with Crippen molar-refractivity contribution in [2.45, 2.75) is 39.0 Å². The number of carboxylic acids is 1. The number of rotatable bonds is 45. The van der Waals surface area contributed by atoms with Crippen molar-refractivity contribution < 1.29 is 85.8 Å². The van der Waals surface area contributed by atoms with E-state index < -0.39 is 5.97 Å². The molecular formula is C35H66O18. The quantitative estimate of drug-likeness (QED) is 0.0685. The molecule has 18 heteroatoms. The Kier molecular flexibility index (Phi) is 42.6. The first-order valence-corrected chi connectivity index (χ1v) is 18.5. The first-order valence-electron chi connectivity index (χ1n) is 18.5. The maximum absolute atomic E-state index is 11.5. The molecule has 0 aliphatic carbocycles. The van der Waals surface area contributed by atoms with Crippen molar-refractivity contribution >= 4 is 17.9 Å². The van der Waals surface area contributed by atoms with Gasteiger partial charge in [-0.3, -0.25) is 14.4 Å². The van der Waals surface area contributed by atoms with Gasteiger partial charge in [0.2, 0.25) is 0 Å². The molecule has 53 heavy (non-hydrogen) atoms. The third-order valence-electron chi connectivity index (χ3n) is 6.36. The molecular weight excluding hydrogens is 708 g/mol. The van der Waals surface area contributed by atoms with E-state index in [4.69, 9.17) is 71.4 Å². The Hall–Kier alpha value is -2.07. The van der Waals surface area contributed by atoms with Crippen LogP contribution in [0.1, 0.15) is 39.0 Å². The minimum Gasteiger partial charge on any atom is -0.481 e. The Labute approximate surface area is 314 Å². The molecule has 0 saturated heterocycles. The van der Waals surface area contributed by atoms with Crippen molar-refractivity contribution in [3.63, 3.8) is 0 Å². The summed E-state index contributed by atoms with van der Waals surface area (Å²) in [7, 11) is 0. The molecule has 0 unspecified atom stereocenters. The number of carbonyl (C=O) groups is 3. The monoisotopic (exact) mass is 774 g/mol. The molecule has 1 N–H and O–H groups in total. The molecule has 0 radical (unpaired) electrons. The largest absolute Gasteiger partial charge is 0.481 e. The van der Waals surface area contributed by atoms with E-state index in [2.05, 4.69) is 0 Å². The van der Waals surface area contributed by atoms with Gasteiger partial charge in [-0.2, -0.15) is 0 Å². The Bertz CT molecular complexity index is 790. The van der Waals surface area contributed by atoms with Crippen LogP contribution < -0.4 is 0 Å². The van der Waals surface area contributed by atoms with Crippen molar-refractivity contribution in [3.05, 3.63) is 0 Å². The van der Waals surface area contributed by atoms with Gasteiger partial charge in [-0.15, -0.1) is 0 Å². The first-order chi connectivity index (χ1) is 26.1. The Morgan fingerprint density at radius 2 is 0.566 bits per heavy atom. The molecule has 0 fully saturated rings. The number of ether oxygens (including phenoxy) is 14. The van der Waals surface area contributed by atoms with Crippen molar-refractivity contribution in [1.29, 1.82) is 0 Å². The van der Waals surface area contributed by atoms with Gasteiger partial charge in [-0.1, -0.05) is 0 Å². The van der Waals surface area contributed by atoms with Gasteiger partial charge in [0, 0.05) is 12.8 Å². The van der Waals surface area contributed by atoms with E-state index in [1.54, 1.807) is 6.92 Å². The number of esters is 2. The van der Waals surface area contributed by atoms with E-state index in [0.717, 1.165) is 0 Å². The molecule has 0 aromatic heterocycles. The van der Waals surface area contributed by atoms with E-state index in [1.165, 1.54) is 0 Å². The van der Waals surface area contributed by atoms with Gasteiger partial charge < -0.3 is 71.4 Å². The van der Waals surface area contributed by atoms with Crippen LogP contribution in [-0.2, 0) is 80.7 Å². The molecule has 0 rings (SSSR count). The zero-order chi connectivity index (χ0) is 38.6. The molecule has 0 aliphatic rings. The van der Waals surface area contributed by atoms with Gasteiger partial charge >= 0.3 is 17.9 Å². The van der Waals surface area contributed by atoms with Crippen LogP contribution in [0.4, 0.5) is 0 Å². The maximum atomic E-state index is 11.5. The second-order valence-corrected chi connectivity index (χ2v) is 10.7. The topological polar surface area (TPSA) is 201 Å². The molecule has 0 amide bonds. The molecule has 0 bridgehead atoms. The van der Waals surface area contributed by atoms with Crippen LogP contribution in [0.3, 0.4) is 0 Å². The lowest BCUT2D eigenvalue weighted by Gasteiger charge is -2.09. The number of carboxylic acid groups (broad SMARTS) is 1. The fraction of sp³-hybridized carbons (Fsp3) is 0.914. The van der Waals surface area contributed by atoms with Gasteiger partial charge in [0.1, 0.15) is 6.61 Å². The SMILES string of the molecule is CCOC(=O)CCOCCOCCOCCOCCOCCOCCOCCOCCOCCOCCOCCOCCOC(=O)CCCCC(=O)O. The third-order valence-corrected chi connectivity index (χ3v) is 6.36. The second-order valence-electron chi connectivity index (χ2n) is 10.7. The molecule has 314 valence electrons. The van der Waals surface area contributed by atoms with E-state index in [0.29, 0.717) is 171 Å². The lowest BCUT2D eigenvalue weighted by molar-refractivity contribution is -0.146. The summed E-state index contributed by atoms with van der Waals surface area (Å²) in [5, 5.41) is 8.55. The zero-order valence-electron chi connectivity index (χ0n) is 31.8. The fourth-order valence-corrected chi connectivity index (χ4v) is 3.74. The Morgan fingerprint density at radius 3 is 0.849 bits per heavy atom. The van der Waals surface area contributed by atoms with Gasteiger partial charge in [-0.25, -0.2) is 0 Å². The molecule has 18 nitrogen and oxygen atoms in total. The lowest BCUT2D eigenvalue weighted by atomic mass is 10.2. The molecule has 0 aromatic rings. The van der Waals surface area contributed by atoms with Crippen molar-refractivity contribution in [2.24, 2.45) is 0 Å². The summed E-state index contributed by atoms with van der Waals surface area (Å²) in [5.41, 5.74) is 0. The highest BCUT2D eigenvalue weighted by Crippen LogP contribution is 2.01. The summed E-state index contributed by atoms with van der Waals surface area (Å²) in [6.07, 6.45) is 1.47. The van der Waals surface area contributed by atoms with Crippen LogP contribution in [0, 0.1) is 0 Å². The van der Waals surface area contributed by atoms with E-state index >= 15 is 0 Å². The van der Waals surface area contributed by atoms with Crippen molar-refractivity contribution in [2.75, 3.05) is 172 Å². The number of carbonyl (C=O) groups excluding carboxylic acids is 2. The summed E-state index contributed by atoms with van der Waals surface area (Å²) >= 11 is 0. The number of hydrogen-bond donors (Lipinski definition) is 1. The van der Waals surface area contributed by atoms with Crippen LogP contribution in [0.2, 0.25) is 0 Å². The first kappa shape index (κ1) is 50.9. The predicted molar refractivity (Wildman–Crippen MR) is 188 cm³/mol. The Balaban J connectivity index is 3.11. The van der Waals surface area contributed by atoms with E-state index in [9.17, 15) is 14.4 Å². The number of unbranched alkanes of at least 4 members (excludes halogenated alkanes) is 1. The summed E-state index contributed by atoms with van der Waals surface area (Å²) in [5.74, 6) is -1.48. The van der Waals surface area contributed by atoms with Crippen LogP contribution in [0.25, 0.3) is 0 Å². The van der Waals surface area contributed by atoms with Gasteiger partial charge in [0.15, 0.2) is 0 Å². The predicted octanol–water partition coefficient (Wildman–Crippen LogP) is 1.33. The maximum Gasteiger partial charge on any atom is 0.308 e. The van der Waals surface area contributed by atoms with Crippen molar-refractivity contribution in [1.82, 2.24) is 0 Å². The van der Waals surface area contributed by atoms with Crippen LogP contribution >= 0.6 is 0 Å². The molecule has 0 saturated carbocycles. The zero-order valence-corrected chi connectivity index (χ0v) is 31.8. The van der Waals surface area contributed by atoms with Crippen molar-refractivity contribution in [3.8, 4) is 0 Å². The van der Waals surface area contributed by atoms with Crippen LogP contribution in [0.15, 0.2) is 0 Å². The van der Waals surface area contributed by atoms with E-state index in [-0.39, 0.29) is 44.4 Å². The minimum atomic E-state index is -0.866. The lowest BCUT2D eigenvalue weighted by Crippen LogP contribution is -2.16. The second kappa shape index (κ2) is 44.3. The highest BCUT2D eigenvalue weighted by atomic mass is 16.6. The normalized spacial score (nSPS) is 11.3. The van der Waals surface area contributed by atoms with E-state index in [1.807, 2.05) is 0 Å². The van der Waals surface area contributed by atoms with Crippen LogP contribution in [0.5, 0.6) is 0 Å². The molecule has 0 atom stereocenters. The standard InChI is InChI=1S/C35H66O18/c1-2-52-35(39)7-8-40-9-10-41-11-12-42-13-14-43-15-16-44-17-18-45-19-20-46-21-22-47-23-24-48-25-26-49-27-28-50-29-30-51-31-32-53-34(38)6-4-3-5-33(36)37/h2-32H2,1H3,(H,36,37).